The van der Waals surface area contributed by atoms with Gasteiger partial charge in [-0.15, -0.1) is 0 Å². The fraction of sp³-hybridized carbons (Fsp3) is 0.417. The molecule has 2 aliphatic heterocycles. The van der Waals surface area contributed by atoms with Crippen molar-refractivity contribution < 1.29 is 14.3 Å². The highest BCUT2D eigenvalue weighted by Gasteiger charge is 2.38. The van der Waals surface area contributed by atoms with Crippen molar-refractivity contribution in [1.82, 2.24) is 4.90 Å². The number of amides is 2. The number of ether oxygens (including phenoxy) is 1. The van der Waals surface area contributed by atoms with E-state index in [2.05, 4.69) is 24.0 Å². The molecule has 2 saturated heterocycles. The van der Waals surface area contributed by atoms with Gasteiger partial charge in [-0.05, 0) is 30.2 Å². The summed E-state index contributed by atoms with van der Waals surface area (Å²) < 4.78 is 5.32. The first-order valence-corrected chi connectivity index (χ1v) is 10.7. The molecule has 1 atom stereocenters. The SMILES string of the molecule is CCc1ccccc1N1C[C@@H](C(=O)N2CCN(c3cccc(OC)c3)CC2)CC1=O. The number of carbonyl (C=O) groups is 2. The summed E-state index contributed by atoms with van der Waals surface area (Å²) in [5, 5.41) is 0. The van der Waals surface area contributed by atoms with Crippen molar-refractivity contribution in [2.24, 2.45) is 5.92 Å². The van der Waals surface area contributed by atoms with Crippen molar-refractivity contribution in [3.63, 3.8) is 0 Å². The molecule has 0 unspecified atom stereocenters. The van der Waals surface area contributed by atoms with E-state index < -0.39 is 0 Å². The van der Waals surface area contributed by atoms with Crippen LogP contribution in [0, 0.1) is 5.92 Å². The van der Waals surface area contributed by atoms with Gasteiger partial charge in [0.2, 0.25) is 11.8 Å². The minimum absolute atomic E-state index is 0.0456. The van der Waals surface area contributed by atoms with Gasteiger partial charge in [0.25, 0.3) is 0 Å². The molecule has 2 aliphatic rings. The third kappa shape index (κ3) is 3.99. The highest BCUT2D eigenvalue weighted by molar-refractivity contribution is 6.00. The number of methoxy groups -OCH3 is 1. The van der Waals surface area contributed by atoms with Crippen LogP contribution in [0.4, 0.5) is 11.4 Å². The van der Waals surface area contributed by atoms with E-state index in [0.29, 0.717) is 26.1 Å². The largest absolute Gasteiger partial charge is 0.497 e. The molecule has 0 N–H and O–H groups in total. The van der Waals surface area contributed by atoms with Crippen molar-refractivity contribution in [3.05, 3.63) is 54.1 Å². The average molecular weight is 408 g/mol. The van der Waals surface area contributed by atoms with Crippen LogP contribution in [0.15, 0.2) is 48.5 Å². The maximum absolute atomic E-state index is 13.1. The molecule has 6 nitrogen and oxygen atoms in total. The van der Waals surface area contributed by atoms with Crippen LogP contribution >= 0.6 is 0 Å². The van der Waals surface area contributed by atoms with Crippen molar-refractivity contribution in [3.8, 4) is 5.75 Å². The van der Waals surface area contributed by atoms with Crippen molar-refractivity contribution >= 4 is 23.2 Å². The molecule has 158 valence electrons. The zero-order valence-corrected chi connectivity index (χ0v) is 17.7. The molecule has 2 amide bonds. The maximum atomic E-state index is 13.1. The first kappa shape index (κ1) is 20.3. The van der Waals surface area contributed by atoms with Crippen LogP contribution in [0.3, 0.4) is 0 Å². The normalized spacial score (nSPS) is 19.3. The summed E-state index contributed by atoms with van der Waals surface area (Å²) in [6.45, 7) is 5.47. The van der Waals surface area contributed by atoms with Gasteiger partial charge in [0.1, 0.15) is 5.75 Å². The Morgan fingerprint density at radius 1 is 1.07 bits per heavy atom. The lowest BCUT2D eigenvalue weighted by atomic mass is 10.1. The number of rotatable bonds is 5. The van der Waals surface area contributed by atoms with Gasteiger partial charge in [-0.1, -0.05) is 31.2 Å². The van der Waals surface area contributed by atoms with Gasteiger partial charge in [-0.2, -0.15) is 0 Å². The number of hydrogen-bond acceptors (Lipinski definition) is 4. The molecule has 2 heterocycles. The summed E-state index contributed by atoms with van der Waals surface area (Å²) in [6, 6.07) is 16.0. The summed E-state index contributed by atoms with van der Waals surface area (Å²) in [5.41, 5.74) is 3.20. The summed E-state index contributed by atoms with van der Waals surface area (Å²) in [6.07, 6.45) is 1.16. The second-order valence-corrected chi connectivity index (χ2v) is 7.90. The quantitative estimate of drug-likeness (QED) is 0.765. The number of aryl methyl sites for hydroxylation is 1. The fourth-order valence-corrected chi connectivity index (χ4v) is 4.43. The van der Waals surface area contributed by atoms with E-state index in [1.807, 2.05) is 41.3 Å². The van der Waals surface area contributed by atoms with E-state index in [4.69, 9.17) is 4.74 Å². The molecular weight excluding hydrogens is 378 g/mol. The van der Waals surface area contributed by atoms with Gasteiger partial charge >= 0.3 is 0 Å². The Bertz CT molecular complexity index is 921. The Kier molecular flexibility index (Phi) is 5.93. The first-order valence-electron chi connectivity index (χ1n) is 10.7. The van der Waals surface area contributed by atoms with Crippen LogP contribution in [0.1, 0.15) is 18.9 Å². The molecule has 6 heteroatoms. The van der Waals surface area contributed by atoms with Gasteiger partial charge in [0, 0.05) is 56.6 Å². The Morgan fingerprint density at radius 3 is 2.57 bits per heavy atom. The van der Waals surface area contributed by atoms with Crippen molar-refractivity contribution in [2.45, 2.75) is 19.8 Å². The first-order chi connectivity index (χ1) is 14.6. The van der Waals surface area contributed by atoms with Crippen LogP contribution in [0.2, 0.25) is 0 Å². The smallest absolute Gasteiger partial charge is 0.228 e. The Hall–Kier alpha value is -3.02. The second-order valence-electron chi connectivity index (χ2n) is 7.90. The Balaban J connectivity index is 1.38. The third-order valence-corrected chi connectivity index (χ3v) is 6.15. The topological polar surface area (TPSA) is 53.1 Å². The highest BCUT2D eigenvalue weighted by Crippen LogP contribution is 2.30. The predicted molar refractivity (Wildman–Crippen MR) is 118 cm³/mol. The van der Waals surface area contributed by atoms with Gasteiger partial charge < -0.3 is 19.4 Å². The fourth-order valence-electron chi connectivity index (χ4n) is 4.43. The standard InChI is InChI=1S/C24H29N3O3/c1-3-18-7-4-5-10-22(18)27-17-19(15-23(27)28)24(29)26-13-11-25(12-14-26)20-8-6-9-21(16-20)30-2/h4-10,16,19H,3,11-15,17H2,1-2H3/t19-/m0/s1. The summed E-state index contributed by atoms with van der Waals surface area (Å²) in [7, 11) is 1.67. The molecule has 0 aromatic heterocycles. The molecule has 0 bridgehead atoms. The van der Waals surface area contributed by atoms with Crippen LogP contribution < -0.4 is 14.5 Å². The minimum atomic E-state index is -0.259. The zero-order valence-electron chi connectivity index (χ0n) is 17.7. The lowest BCUT2D eigenvalue weighted by Gasteiger charge is -2.37. The Labute approximate surface area is 178 Å². The highest BCUT2D eigenvalue weighted by atomic mass is 16.5. The van der Waals surface area contributed by atoms with E-state index in [9.17, 15) is 9.59 Å². The van der Waals surface area contributed by atoms with Crippen LogP contribution in [-0.4, -0.2) is 56.5 Å². The monoisotopic (exact) mass is 407 g/mol. The van der Waals surface area contributed by atoms with E-state index >= 15 is 0 Å². The number of benzene rings is 2. The summed E-state index contributed by atoms with van der Waals surface area (Å²) >= 11 is 0. The number of carbonyl (C=O) groups excluding carboxylic acids is 2. The van der Waals surface area contributed by atoms with Crippen LogP contribution in [-0.2, 0) is 16.0 Å². The molecule has 0 radical (unpaired) electrons. The van der Waals surface area contributed by atoms with Gasteiger partial charge in [-0.25, -0.2) is 0 Å². The van der Waals surface area contributed by atoms with Crippen molar-refractivity contribution in [2.75, 3.05) is 49.6 Å². The van der Waals surface area contributed by atoms with E-state index in [1.54, 1.807) is 12.0 Å². The molecule has 4 rings (SSSR count). The number of piperazine rings is 1. The maximum Gasteiger partial charge on any atom is 0.228 e. The van der Waals surface area contributed by atoms with E-state index in [0.717, 1.165) is 42.2 Å². The van der Waals surface area contributed by atoms with Gasteiger partial charge in [0.15, 0.2) is 0 Å². The van der Waals surface area contributed by atoms with Crippen LogP contribution in [0.5, 0.6) is 5.75 Å². The number of hydrogen-bond donors (Lipinski definition) is 0. The molecule has 2 aromatic carbocycles. The van der Waals surface area contributed by atoms with Gasteiger partial charge in [-0.3, -0.25) is 9.59 Å². The molecule has 0 spiro atoms. The van der Waals surface area contributed by atoms with E-state index in [1.165, 1.54) is 0 Å². The van der Waals surface area contributed by atoms with Crippen molar-refractivity contribution in [1.29, 1.82) is 0 Å². The Morgan fingerprint density at radius 2 is 1.83 bits per heavy atom. The molecule has 2 aromatic rings. The second kappa shape index (κ2) is 8.78. The predicted octanol–water partition coefficient (Wildman–Crippen LogP) is 2.96. The molecule has 0 saturated carbocycles. The molecular formula is C24H29N3O3. The average Bonchev–Trinajstić information content (AvgIpc) is 3.20. The number of nitrogens with zero attached hydrogens (tertiary/aromatic N) is 3. The van der Waals surface area contributed by atoms with Crippen LogP contribution in [0.25, 0.3) is 0 Å². The molecule has 2 fully saturated rings. The lowest BCUT2D eigenvalue weighted by Crippen LogP contribution is -2.50. The summed E-state index contributed by atoms with van der Waals surface area (Å²) in [4.78, 5) is 31.8. The number of para-hydroxylation sites is 1. The third-order valence-electron chi connectivity index (χ3n) is 6.15. The minimum Gasteiger partial charge on any atom is -0.497 e. The summed E-state index contributed by atoms with van der Waals surface area (Å²) in [5.74, 6) is 0.725. The lowest BCUT2D eigenvalue weighted by molar-refractivity contribution is -0.136. The van der Waals surface area contributed by atoms with Gasteiger partial charge in [0.05, 0.1) is 13.0 Å². The zero-order chi connectivity index (χ0) is 21.1. The van der Waals surface area contributed by atoms with E-state index in [-0.39, 0.29) is 17.7 Å². The molecule has 0 aliphatic carbocycles. The number of anilines is 2. The molecule has 30 heavy (non-hydrogen) atoms.